The summed E-state index contributed by atoms with van der Waals surface area (Å²) in [4.78, 5) is 23.4. The van der Waals surface area contributed by atoms with E-state index in [9.17, 15) is 14.7 Å². The second kappa shape index (κ2) is 16.3. The number of ether oxygens (including phenoxy) is 1. The van der Waals surface area contributed by atoms with E-state index in [1.54, 1.807) is 12.1 Å². The number of phenolic OH excluding ortho intramolecular Hbond substituents is 1. The van der Waals surface area contributed by atoms with E-state index < -0.39 is 11.9 Å². The van der Waals surface area contributed by atoms with Gasteiger partial charge in [-0.3, -0.25) is 4.79 Å². The van der Waals surface area contributed by atoms with E-state index in [0.29, 0.717) is 0 Å². The molecule has 0 fully saturated rings. The van der Waals surface area contributed by atoms with Crippen molar-refractivity contribution >= 4 is 11.9 Å². The van der Waals surface area contributed by atoms with E-state index in [1.807, 2.05) is 0 Å². The molecule has 0 saturated carbocycles. The summed E-state index contributed by atoms with van der Waals surface area (Å²) >= 11 is 0. The van der Waals surface area contributed by atoms with E-state index in [2.05, 4.69) is 6.92 Å². The number of hydrogen-bond acceptors (Lipinski definition) is 4. The normalized spacial score (nSPS) is 10.2. The van der Waals surface area contributed by atoms with E-state index >= 15 is 0 Å². The molecular weight excluding hydrogens is 339 g/mol. The smallest absolute Gasteiger partial charge is 1.00 e. The molecule has 1 aromatic rings. The van der Waals surface area contributed by atoms with Crippen LogP contribution in [0.3, 0.4) is 0 Å². The first-order valence-corrected chi connectivity index (χ1v) is 9.68. The van der Waals surface area contributed by atoms with Crippen molar-refractivity contribution in [3.8, 4) is 5.75 Å². The Morgan fingerprint density at radius 2 is 1.38 bits per heavy atom. The fourth-order valence-corrected chi connectivity index (χ4v) is 2.79. The van der Waals surface area contributed by atoms with Crippen molar-refractivity contribution in [2.75, 3.05) is 0 Å². The molecule has 0 heterocycles. The first-order valence-electron chi connectivity index (χ1n) is 9.68. The van der Waals surface area contributed by atoms with Crippen molar-refractivity contribution < 1.29 is 50.4 Å². The Balaban J connectivity index is 0. The van der Waals surface area contributed by atoms with Gasteiger partial charge < -0.3 is 11.3 Å². The molecule has 4 nitrogen and oxygen atoms in total. The van der Waals surface area contributed by atoms with Gasteiger partial charge in [0.15, 0.2) is 0 Å². The van der Waals surface area contributed by atoms with Gasteiger partial charge in [-0.15, -0.1) is 0 Å². The van der Waals surface area contributed by atoms with Gasteiger partial charge in [-0.25, -0.2) is 4.79 Å². The fraction of sp³-hybridized carbons (Fsp3) is 0.619. The molecule has 0 spiro atoms. The average molecular weight is 372 g/mol. The molecule has 0 aliphatic rings. The summed E-state index contributed by atoms with van der Waals surface area (Å²) in [6, 6.07) is 6.06. The molecule has 0 saturated heterocycles. The molecule has 0 unspecified atom stereocenters. The van der Waals surface area contributed by atoms with Gasteiger partial charge in [0.1, 0.15) is 11.3 Å². The number of esters is 2. The Bertz CT molecular complexity index is 523. The number of para-hydroxylation sites is 1. The van der Waals surface area contributed by atoms with E-state index in [4.69, 9.17) is 4.74 Å². The maximum absolute atomic E-state index is 11.8. The molecule has 1 N–H and O–H groups in total. The van der Waals surface area contributed by atoms with Crippen LogP contribution in [0, 0.1) is 0 Å². The van der Waals surface area contributed by atoms with Crippen LogP contribution in [-0.2, 0) is 9.53 Å². The molecule has 0 aliphatic carbocycles. The summed E-state index contributed by atoms with van der Waals surface area (Å²) in [7, 11) is 0. The number of rotatable bonds is 13. The van der Waals surface area contributed by atoms with Crippen LogP contribution in [0.5, 0.6) is 5.75 Å². The van der Waals surface area contributed by atoms with E-state index in [-0.39, 0.29) is 48.7 Å². The minimum atomic E-state index is -0.786. The van der Waals surface area contributed by atoms with Gasteiger partial charge in [-0.1, -0.05) is 83.3 Å². The third-order valence-electron chi connectivity index (χ3n) is 4.31. The monoisotopic (exact) mass is 372 g/mol. The predicted octanol–water partition coefficient (Wildman–Crippen LogP) is 2.89. The molecule has 0 radical (unpaired) electrons. The maximum atomic E-state index is 11.8. The number of benzene rings is 1. The summed E-state index contributed by atoms with van der Waals surface area (Å²) in [6.45, 7) is 2.23. The van der Waals surface area contributed by atoms with Crippen LogP contribution < -0.4 is 29.6 Å². The standard InChI is InChI=1S/C21H32O4.Na.H/c1-2-3-4-5-6-7-8-9-10-11-12-17-20(23)25-21(24)18-15-13-14-16-19(18)22;;/h13-16,22H,2-12,17H2,1H3;;/q;+1;-1. The molecule has 1 aromatic carbocycles. The van der Waals surface area contributed by atoms with Crippen LogP contribution in [0.1, 0.15) is 95.8 Å². The van der Waals surface area contributed by atoms with Gasteiger partial charge in [-0.05, 0) is 18.6 Å². The summed E-state index contributed by atoms with van der Waals surface area (Å²) < 4.78 is 4.77. The Morgan fingerprint density at radius 3 is 1.92 bits per heavy atom. The molecule has 1 rings (SSSR count). The van der Waals surface area contributed by atoms with Gasteiger partial charge in [0.25, 0.3) is 0 Å². The van der Waals surface area contributed by atoms with Crippen LogP contribution >= 0.6 is 0 Å². The number of carbonyl (C=O) groups excluding carboxylic acids is 2. The largest absolute Gasteiger partial charge is 1.00 e. The Morgan fingerprint density at radius 1 is 0.885 bits per heavy atom. The molecule has 0 amide bonds. The van der Waals surface area contributed by atoms with Gasteiger partial charge in [0.2, 0.25) is 0 Å². The van der Waals surface area contributed by atoms with Crippen molar-refractivity contribution in [1.82, 2.24) is 0 Å². The van der Waals surface area contributed by atoms with Crippen molar-refractivity contribution in [3.05, 3.63) is 29.8 Å². The van der Waals surface area contributed by atoms with E-state index in [0.717, 1.165) is 19.3 Å². The Labute approximate surface area is 181 Å². The molecule has 0 aliphatic heterocycles. The average Bonchev–Trinajstić information content (AvgIpc) is 2.60. The summed E-state index contributed by atoms with van der Waals surface area (Å²) in [5.74, 6) is -1.48. The van der Waals surface area contributed by atoms with Crippen LogP contribution in [-0.4, -0.2) is 17.0 Å². The minimum absolute atomic E-state index is 0. The second-order valence-electron chi connectivity index (χ2n) is 6.56. The van der Waals surface area contributed by atoms with Gasteiger partial charge in [-0.2, -0.15) is 0 Å². The zero-order valence-electron chi connectivity index (χ0n) is 17.5. The van der Waals surface area contributed by atoms with Crippen LogP contribution in [0.2, 0.25) is 0 Å². The fourth-order valence-electron chi connectivity index (χ4n) is 2.79. The quantitative estimate of drug-likeness (QED) is 0.250. The molecule has 0 atom stereocenters. The zero-order chi connectivity index (χ0) is 18.3. The van der Waals surface area contributed by atoms with E-state index in [1.165, 1.54) is 63.5 Å². The summed E-state index contributed by atoms with van der Waals surface area (Å²) in [6.07, 6.45) is 13.6. The van der Waals surface area contributed by atoms with Gasteiger partial charge in [0.05, 0.1) is 0 Å². The van der Waals surface area contributed by atoms with Crippen molar-refractivity contribution in [3.63, 3.8) is 0 Å². The third-order valence-corrected chi connectivity index (χ3v) is 4.31. The molecule has 0 aromatic heterocycles. The number of phenols is 1. The number of carbonyl (C=O) groups is 2. The van der Waals surface area contributed by atoms with Gasteiger partial charge in [0, 0.05) is 6.42 Å². The van der Waals surface area contributed by atoms with Crippen molar-refractivity contribution in [1.29, 1.82) is 0 Å². The molecular formula is C21H33NaO4. The predicted molar refractivity (Wildman–Crippen MR) is 101 cm³/mol. The third kappa shape index (κ3) is 11.7. The summed E-state index contributed by atoms with van der Waals surface area (Å²) in [5.41, 5.74) is 0.0230. The second-order valence-corrected chi connectivity index (χ2v) is 6.56. The van der Waals surface area contributed by atoms with Crippen LogP contribution in [0.15, 0.2) is 24.3 Å². The van der Waals surface area contributed by atoms with Crippen LogP contribution in [0.25, 0.3) is 0 Å². The van der Waals surface area contributed by atoms with Crippen molar-refractivity contribution in [2.45, 2.75) is 84.0 Å². The molecule has 5 heteroatoms. The maximum Gasteiger partial charge on any atom is 1.00 e. The van der Waals surface area contributed by atoms with Crippen LogP contribution in [0.4, 0.5) is 0 Å². The first kappa shape index (κ1) is 25.2. The topological polar surface area (TPSA) is 63.6 Å². The Hall–Kier alpha value is -0.840. The summed E-state index contributed by atoms with van der Waals surface area (Å²) in [5, 5.41) is 9.56. The molecule has 142 valence electrons. The van der Waals surface area contributed by atoms with Crippen molar-refractivity contribution in [2.24, 2.45) is 0 Å². The number of unbranched alkanes of at least 4 members (excludes halogenated alkanes) is 10. The Kier molecular flexibility index (Phi) is 15.8. The number of aromatic hydroxyl groups is 1. The SMILES string of the molecule is CCCCCCCCCCCCCC(=O)OC(=O)c1ccccc1O.[H-].[Na+]. The first-order chi connectivity index (χ1) is 12.1. The van der Waals surface area contributed by atoms with Gasteiger partial charge >= 0.3 is 41.5 Å². The number of hydrogen-bond donors (Lipinski definition) is 1. The molecule has 0 bridgehead atoms. The zero-order valence-corrected chi connectivity index (χ0v) is 18.5. The molecule has 26 heavy (non-hydrogen) atoms. The minimum Gasteiger partial charge on any atom is -1.00 e.